The second kappa shape index (κ2) is 2.20. The largest absolute Gasteiger partial charge is 0.322 e. The summed E-state index contributed by atoms with van der Waals surface area (Å²) in [4.78, 5) is 10.2. The first-order valence-corrected chi connectivity index (χ1v) is 3.31. The summed E-state index contributed by atoms with van der Waals surface area (Å²) in [5.74, 6) is 0. The van der Waals surface area contributed by atoms with E-state index in [1.54, 1.807) is 6.07 Å². The van der Waals surface area contributed by atoms with Crippen molar-refractivity contribution < 1.29 is 0 Å². The van der Waals surface area contributed by atoms with Gasteiger partial charge in [0.05, 0.1) is 5.52 Å². The van der Waals surface area contributed by atoms with Gasteiger partial charge in [0.1, 0.15) is 5.69 Å². The highest BCUT2D eigenvalue weighted by atomic mass is 16.3. The van der Waals surface area contributed by atoms with Gasteiger partial charge in [0.25, 0.3) is 0 Å². The van der Waals surface area contributed by atoms with Gasteiger partial charge in [-0.15, -0.1) is 4.91 Å². The van der Waals surface area contributed by atoms with E-state index >= 15 is 0 Å². The highest BCUT2D eigenvalue weighted by molar-refractivity contribution is 5.69. The molecule has 0 saturated carbocycles. The molecule has 0 spiro atoms. The van der Waals surface area contributed by atoms with E-state index in [1.165, 1.54) is 0 Å². The number of fused-ring (bicyclic) bond motifs is 1. The van der Waals surface area contributed by atoms with Gasteiger partial charge < -0.3 is 4.40 Å². The molecule has 0 bridgehead atoms. The molecule has 0 aliphatic carbocycles. The predicted octanol–water partition coefficient (Wildman–Crippen LogP) is 2.34. The number of pyridine rings is 1. The van der Waals surface area contributed by atoms with Gasteiger partial charge in [-0.2, -0.15) is 0 Å². The molecule has 0 saturated heterocycles. The number of nitroso groups, excluding NO2 is 1. The average molecular weight is 146 g/mol. The number of nitrogens with zero attached hydrogens (tertiary/aromatic N) is 2. The van der Waals surface area contributed by atoms with Crippen LogP contribution >= 0.6 is 0 Å². The van der Waals surface area contributed by atoms with Crippen LogP contribution in [0, 0.1) is 4.91 Å². The minimum Gasteiger partial charge on any atom is -0.322 e. The molecule has 0 aromatic carbocycles. The van der Waals surface area contributed by atoms with Crippen molar-refractivity contribution in [3.8, 4) is 0 Å². The van der Waals surface area contributed by atoms with E-state index in [1.807, 2.05) is 35.0 Å². The fourth-order valence-corrected chi connectivity index (χ4v) is 1.12. The molecule has 3 heteroatoms. The smallest absolute Gasteiger partial charge is 0.133 e. The molecule has 54 valence electrons. The summed E-state index contributed by atoms with van der Waals surface area (Å²) >= 11 is 0. The molecule has 3 nitrogen and oxygen atoms in total. The van der Waals surface area contributed by atoms with Gasteiger partial charge in [-0.3, -0.25) is 0 Å². The second-order valence-corrected chi connectivity index (χ2v) is 2.29. The number of aromatic nitrogens is 1. The first-order chi connectivity index (χ1) is 5.42. The summed E-state index contributed by atoms with van der Waals surface area (Å²) in [5.41, 5.74) is 1.34. The lowest BCUT2D eigenvalue weighted by Crippen LogP contribution is -1.76. The van der Waals surface area contributed by atoms with Crippen molar-refractivity contribution in [3.63, 3.8) is 0 Å². The Morgan fingerprint density at radius 3 is 2.91 bits per heavy atom. The molecule has 0 aliphatic heterocycles. The molecule has 2 heterocycles. The average Bonchev–Trinajstić information content (AvgIpc) is 2.47. The summed E-state index contributed by atoms with van der Waals surface area (Å²) < 4.78 is 1.86. The third-order valence-corrected chi connectivity index (χ3v) is 1.64. The lowest BCUT2D eigenvalue weighted by Gasteiger charge is -1.90. The monoisotopic (exact) mass is 146 g/mol. The summed E-state index contributed by atoms with van der Waals surface area (Å²) in [7, 11) is 0. The maximum Gasteiger partial charge on any atom is 0.133 e. The van der Waals surface area contributed by atoms with Crippen molar-refractivity contribution in [2.24, 2.45) is 5.18 Å². The zero-order valence-electron chi connectivity index (χ0n) is 5.77. The number of hydrogen-bond acceptors (Lipinski definition) is 2. The van der Waals surface area contributed by atoms with E-state index in [-0.39, 0.29) is 0 Å². The Labute approximate surface area is 63.2 Å². The zero-order valence-corrected chi connectivity index (χ0v) is 5.77. The van der Waals surface area contributed by atoms with Crippen LogP contribution in [0.2, 0.25) is 0 Å². The molecule has 2 rings (SSSR count). The first-order valence-electron chi connectivity index (χ1n) is 3.31. The molecule has 0 unspecified atom stereocenters. The molecular formula is C8H6N2O. The van der Waals surface area contributed by atoms with Crippen LogP contribution in [0.25, 0.3) is 5.52 Å². The van der Waals surface area contributed by atoms with Crippen molar-refractivity contribution in [1.82, 2.24) is 4.40 Å². The second-order valence-electron chi connectivity index (χ2n) is 2.29. The SMILES string of the molecule is O=Nc1ccn2ccccc12. The standard InChI is InChI=1S/C8H6N2O/c11-9-7-4-6-10-5-2-1-3-8(7)10/h1-6H. The third kappa shape index (κ3) is 0.816. The van der Waals surface area contributed by atoms with E-state index in [2.05, 4.69) is 5.18 Å². The molecule has 0 atom stereocenters. The Kier molecular flexibility index (Phi) is 1.22. The highest BCUT2D eigenvalue weighted by Gasteiger charge is 1.98. The normalized spacial score (nSPS) is 10.2. The van der Waals surface area contributed by atoms with Gasteiger partial charge in [0.2, 0.25) is 0 Å². The van der Waals surface area contributed by atoms with Crippen molar-refractivity contribution in [3.05, 3.63) is 41.6 Å². The summed E-state index contributed by atoms with van der Waals surface area (Å²) in [6.45, 7) is 0. The van der Waals surface area contributed by atoms with Crippen LogP contribution in [0.3, 0.4) is 0 Å². The van der Waals surface area contributed by atoms with E-state index in [9.17, 15) is 4.91 Å². The summed E-state index contributed by atoms with van der Waals surface area (Å²) in [5, 5.41) is 2.89. The molecule has 0 radical (unpaired) electrons. The molecule has 0 N–H and O–H groups in total. The Morgan fingerprint density at radius 1 is 1.18 bits per heavy atom. The van der Waals surface area contributed by atoms with Gasteiger partial charge in [-0.1, -0.05) is 6.07 Å². The van der Waals surface area contributed by atoms with Gasteiger partial charge in [-0.25, -0.2) is 0 Å². The molecule has 2 aromatic heterocycles. The first kappa shape index (κ1) is 6.09. The Morgan fingerprint density at radius 2 is 2.09 bits per heavy atom. The molecule has 0 amide bonds. The number of rotatable bonds is 1. The summed E-state index contributed by atoms with van der Waals surface area (Å²) in [6, 6.07) is 7.34. The van der Waals surface area contributed by atoms with Crippen LogP contribution in [0.1, 0.15) is 0 Å². The van der Waals surface area contributed by atoms with E-state index in [0.717, 1.165) is 5.52 Å². The molecule has 11 heavy (non-hydrogen) atoms. The lowest BCUT2D eigenvalue weighted by atomic mass is 10.4. The van der Waals surface area contributed by atoms with Crippen molar-refractivity contribution >= 4 is 11.2 Å². The maximum atomic E-state index is 10.2. The number of hydrogen-bond donors (Lipinski definition) is 0. The van der Waals surface area contributed by atoms with Gasteiger partial charge >= 0.3 is 0 Å². The van der Waals surface area contributed by atoms with Crippen LogP contribution in [0.5, 0.6) is 0 Å². The minimum absolute atomic E-state index is 0.491. The molecule has 0 fully saturated rings. The van der Waals surface area contributed by atoms with Gasteiger partial charge in [-0.05, 0) is 23.4 Å². The fraction of sp³-hybridized carbons (Fsp3) is 0. The highest BCUT2D eigenvalue weighted by Crippen LogP contribution is 2.20. The van der Waals surface area contributed by atoms with E-state index in [0.29, 0.717) is 5.69 Å². The van der Waals surface area contributed by atoms with Crippen LogP contribution in [0.15, 0.2) is 41.8 Å². The van der Waals surface area contributed by atoms with Crippen LogP contribution in [-0.4, -0.2) is 4.40 Å². The van der Waals surface area contributed by atoms with Crippen LogP contribution < -0.4 is 0 Å². The topological polar surface area (TPSA) is 33.8 Å². The van der Waals surface area contributed by atoms with Crippen LogP contribution in [0.4, 0.5) is 5.69 Å². The molecule has 2 aromatic rings. The predicted molar refractivity (Wildman–Crippen MR) is 42.9 cm³/mol. The Balaban J connectivity index is 2.86. The van der Waals surface area contributed by atoms with Gasteiger partial charge in [0, 0.05) is 12.4 Å². The Hall–Kier alpha value is -1.64. The zero-order chi connectivity index (χ0) is 7.68. The van der Waals surface area contributed by atoms with Gasteiger partial charge in [0.15, 0.2) is 0 Å². The molecular weight excluding hydrogens is 140 g/mol. The van der Waals surface area contributed by atoms with Crippen LogP contribution in [-0.2, 0) is 0 Å². The van der Waals surface area contributed by atoms with E-state index in [4.69, 9.17) is 0 Å². The lowest BCUT2D eigenvalue weighted by molar-refractivity contribution is 1.20. The fourth-order valence-electron chi connectivity index (χ4n) is 1.12. The van der Waals surface area contributed by atoms with Crippen molar-refractivity contribution in [2.45, 2.75) is 0 Å². The van der Waals surface area contributed by atoms with Crippen molar-refractivity contribution in [1.29, 1.82) is 0 Å². The molecule has 0 aliphatic rings. The quantitative estimate of drug-likeness (QED) is 0.568. The minimum atomic E-state index is 0.491. The van der Waals surface area contributed by atoms with Crippen molar-refractivity contribution in [2.75, 3.05) is 0 Å². The van der Waals surface area contributed by atoms with E-state index < -0.39 is 0 Å². The Bertz CT molecular complexity index is 392. The maximum absolute atomic E-state index is 10.2. The summed E-state index contributed by atoms with van der Waals surface area (Å²) in [6.07, 6.45) is 3.69. The third-order valence-electron chi connectivity index (χ3n) is 1.64.